The highest BCUT2D eigenvalue weighted by Gasteiger charge is 2.03. The third-order valence-corrected chi connectivity index (χ3v) is 3.95. The topological polar surface area (TPSA) is 29.5 Å². The summed E-state index contributed by atoms with van der Waals surface area (Å²) in [5.74, 6) is 1.02. The molecule has 0 unspecified atom stereocenters. The van der Waals surface area contributed by atoms with Crippen molar-refractivity contribution in [2.75, 3.05) is 32.5 Å². The summed E-state index contributed by atoms with van der Waals surface area (Å²) in [7, 11) is 2.13. The van der Waals surface area contributed by atoms with Crippen LogP contribution in [0.15, 0.2) is 35.2 Å². The highest BCUT2D eigenvalue weighted by Crippen LogP contribution is 2.16. The Labute approximate surface area is 126 Å². The lowest BCUT2D eigenvalue weighted by atomic mass is 10.2. The van der Waals surface area contributed by atoms with Crippen LogP contribution in [0, 0.1) is 0 Å². The van der Waals surface area contributed by atoms with Crippen molar-refractivity contribution in [3.05, 3.63) is 30.3 Å². The molecule has 0 saturated heterocycles. The molecule has 4 heteroatoms. The lowest BCUT2D eigenvalue weighted by Gasteiger charge is -2.15. The van der Waals surface area contributed by atoms with Gasteiger partial charge >= 0.3 is 5.97 Å². The van der Waals surface area contributed by atoms with Gasteiger partial charge in [0, 0.05) is 23.6 Å². The smallest absolute Gasteiger partial charge is 0.305 e. The lowest BCUT2D eigenvalue weighted by Crippen LogP contribution is -2.22. The van der Waals surface area contributed by atoms with E-state index in [2.05, 4.69) is 36.2 Å². The summed E-state index contributed by atoms with van der Waals surface area (Å²) in [6.07, 6.45) is 2.50. The molecule has 0 amide bonds. The summed E-state index contributed by atoms with van der Waals surface area (Å²) in [5.41, 5.74) is 0. The maximum Gasteiger partial charge on any atom is 0.305 e. The minimum absolute atomic E-state index is 0.0743. The van der Waals surface area contributed by atoms with Gasteiger partial charge < -0.3 is 9.64 Å². The second-order valence-corrected chi connectivity index (χ2v) is 5.90. The summed E-state index contributed by atoms with van der Waals surface area (Å²) in [6, 6.07) is 10.5. The molecule has 0 aliphatic heterocycles. The normalized spacial score (nSPS) is 10.8. The van der Waals surface area contributed by atoms with Crippen molar-refractivity contribution < 1.29 is 9.53 Å². The van der Waals surface area contributed by atoms with Crippen LogP contribution in [-0.2, 0) is 9.53 Å². The Morgan fingerprint density at radius 2 is 1.95 bits per heavy atom. The maximum absolute atomic E-state index is 11.2. The molecule has 0 spiro atoms. The van der Waals surface area contributed by atoms with E-state index >= 15 is 0 Å². The number of rotatable bonds is 10. The predicted molar refractivity (Wildman–Crippen MR) is 85.1 cm³/mol. The molecule has 1 rings (SSSR count). The van der Waals surface area contributed by atoms with Gasteiger partial charge in [-0.05, 0) is 45.5 Å². The quantitative estimate of drug-likeness (QED) is 0.376. The molecule has 1 aromatic carbocycles. The molecule has 0 aliphatic rings. The lowest BCUT2D eigenvalue weighted by molar-refractivity contribution is -0.143. The fourth-order valence-corrected chi connectivity index (χ4v) is 2.82. The van der Waals surface area contributed by atoms with E-state index in [1.54, 1.807) is 0 Å². The molecule has 1 aromatic rings. The zero-order valence-corrected chi connectivity index (χ0v) is 13.3. The minimum atomic E-state index is -0.0743. The third-order valence-electron chi connectivity index (χ3n) is 2.96. The molecule has 0 saturated carbocycles. The van der Waals surface area contributed by atoms with Gasteiger partial charge in [-0.15, -0.1) is 11.8 Å². The number of benzene rings is 1. The van der Waals surface area contributed by atoms with Gasteiger partial charge in [0.25, 0.3) is 0 Å². The van der Waals surface area contributed by atoms with Gasteiger partial charge in [-0.1, -0.05) is 18.2 Å². The van der Waals surface area contributed by atoms with Gasteiger partial charge in [-0.2, -0.15) is 0 Å². The van der Waals surface area contributed by atoms with Crippen LogP contribution >= 0.6 is 11.8 Å². The Bertz CT molecular complexity index is 370. The van der Waals surface area contributed by atoms with Gasteiger partial charge in [0.2, 0.25) is 0 Å². The Balaban J connectivity index is 2.00. The molecule has 112 valence electrons. The number of unbranched alkanes of at least 4 members (excludes halogenated alkanes) is 1. The highest BCUT2D eigenvalue weighted by atomic mass is 32.2. The summed E-state index contributed by atoms with van der Waals surface area (Å²) in [4.78, 5) is 14.8. The summed E-state index contributed by atoms with van der Waals surface area (Å²) in [5, 5.41) is 0. The van der Waals surface area contributed by atoms with Crippen molar-refractivity contribution in [3.63, 3.8) is 0 Å². The highest BCUT2D eigenvalue weighted by molar-refractivity contribution is 7.99. The van der Waals surface area contributed by atoms with E-state index in [1.807, 2.05) is 24.8 Å². The number of ether oxygens (including phenoxy) is 1. The van der Waals surface area contributed by atoms with Crippen molar-refractivity contribution >= 4 is 17.7 Å². The van der Waals surface area contributed by atoms with Crippen LogP contribution < -0.4 is 0 Å². The van der Waals surface area contributed by atoms with Crippen molar-refractivity contribution in [1.29, 1.82) is 0 Å². The molecule has 3 nitrogen and oxygen atoms in total. The SMILES string of the molecule is CCOC(=O)CCCCN(C)CCSc1ccccc1. The van der Waals surface area contributed by atoms with Gasteiger partial charge in [-0.25, -0.2) is 0 Å². The second kappa shape index (κ2) is 10.7. The fourth-order valence-electron chi connectivity index (χ4n) is 1.83. The molecule has 20 heavy (non-hydrogen) atoms. The number of carbonyl (C=O) groups excluding carboxylic acids is 1. The second-order valence-electron chi connectivity index (χ2n) is 4.73. The van der Waals surface area contributed by atoms with Gasteiger partial charge in [-0.3, -0.25) is 4.79 Å². The van der Waals surface area contributed by atoms with Crippen LogP contribution in [-0.4, -0.2) is 43.4 Å². The third kappa shape index (κ3) is 8.23. The van der Waals surface area contributed by atoms with Crippen LogP contribution in [0.2, 0.25) is 0 Å². The van der Waals surface area contributed by atoms with Crippen LogP contribution in [0.1, 0.15) is 26.2 Å². The first-order chi connectivity index (χ1) is 9.72. The van der Waals surface area contributed by atoms with E-state index in [1.165, 1.54) is 4.90 Å². The molecule has 0 aromatic heterocycles. The van der Waals surface area contributed by atoms with E-state index in [0.29, 0.717) is 13.0 Å². The number of thioether (sulfide) groups is 1. The monoisotopic (exact) mass is 295 g/mol. The van der Waals surface area contributed by atoms with E-state index in [9.17, 15) is 4.79 Å². The van der Waals surface area contributed by atoms with E-state index in [4.69, 9.17) is 4.74 Å². The molecule has 0 N–H and O–H groups in total. The average molecular weight is 295 g/mol. The Morgan fingerprint density at radius 3 is 2.65 bits per heavy atom. The van der Waals surface area contributed by atoms with Crippen LogP contribution in [0.3, 0.4) is 0 Å². The first-order valence-corrected chi connectivity index (χ1v) is 8.23. The molecule has 0 atom stereocenters. The first kappa shape index (κ1) is 17.1. The molecule has 0 fully saturated rings. The van der Waals surface area contributed by atoms with Crippen molar-refractivity contribution in [2.45, 2.75) is 31.1 Å². The van der Waals surface area contributed by atoms with Crippen LogP contribution in [0.25, 0.3) is 0 Å². The van der Waals surface area contributed by atoms with Crippen LogP contribution in [0.4, 0.5) is 0 Å². The molecule has 0 heterocycles. The zero-order valence-electron chi connectivity index (χ0n) is 12.5. The number of carbonyl (C=O) groups is 1. The van der Waals surface area contributed by atoms with Gasteiger partial charge in [0.1, 0.15) is 0 Å². The van der Waals surface area contributed by atoms with Crippen molar-refractivity contribution in [2.24, 2.45) is 0 Å². The van der Waals surface area contributed by atoms with Crippen molar-refractivity contribution in [1.82, 2.24) is 4.90 Å². The van der Waals surface area contributed by atoms with Crippen LogP contribution in [0.5, 0.6) is 0 Å². The van der Waals surface area contributed by atoms with E-state index < -0.39 is 0 Å². The number of nitrogens with zero attached hydrogens (tertiary/aromatic N) is 1. The molecular weight excluding hydrogens is 270 g/mol. The van der Waals surface area contributed by atoms with Crippen molar-refractivity contribution in [3.8, 4) is 0 Å². The summed E-state index contributed by atoms with van der Waals surface area (Å²) >= 11 is 1.88. The number of hydrogen-bond donors (Lipinski definition) is 0. The minimum Gasteiger partial charge on any atom is -0.466 e. The molecular formula is C16H25NO2S. The average Bonchev–Trinajstić information content (AvgIpc) is 2.45. The van der Waals surface area contributed by atoms with E-state index in [-0.39, 0.29) is 5.97 Å². The largest absolute Gasteiger partial charge is 0.466 e. The van der Waals surface area contributed by atoms with E-state index in [0.717, 1.165) is 31.7 Å². The number of hydrogen-bond acceptors (Lipinski definition) is 4. The molecule has 0 aliphatic carbocycles. The standard InChI is InChI=1S/C16H25NO2S/c1-3-19-16(18)11-7-8-12-17(2)13-14-20-15-9-5-4-6-10-15/h4-6,9-10H,3,7-8,11-14H2,1-2H3. The van der Waals surface area contributed by atoms with Gasteiger partial charge in [0.15, 0.2) is 0 Å². The zero-order chi connectivity index (χ0) is 14.6. The van der Waals surface area contributed by atoms with Gasteiger partial charge in [0.05, 0.1) is 6.61 Å². The summed E-state index contributed by atoms with van der Waals surface area (Å²) < 4.78 is 4.91. The predicted octanol–water partition coefficient (Wildman–Crippen LogP) is 3.44. The number of esters is 1. The Hall–Kier alpha value is -1.00. The Kier molecular flexibility index (Phi) is 9.16. The molecule has 0 bridgehead atoms. The maximum atomic E-state index is 11.2. The first-order valence-electron chi connectivity index (χ1n) is 7.24. The fraction of sp³-hybridized carbons (Fsp3) is 0.562. The summed E-state index contributed by atoms with van der Waals surface area (Å²) in [6.45, 7) is 4.43. The molecule has 0 radical (unpaired) electrons. The Morgan fingerprint density at radius 1 is 1.20 bits per heavy atom.